The average Bonchev–Trinajstić information content (AvgIpc) is 2.73. The third-order valence-corrected chi connectivity index (χ3v) is 6.38. The minimum absolute atomic E-state index is 0.130. The molecule has 2 aromatic rings. The van der Waals surface area contributed by atoms with Crippen LogP contribution in [0.15, 0.2) is 48.5 Å². The fourth-order valence-electron chi connectivity index (χ4n) is 3.09. The Balaban J connectivity index is 1.65. The lowest BCUT2D eigenvalue weighted by atomic mass is 9.95. The largest absolute Gasteiger partial charge is 0.381 e. The van der Waals surface area contributed by atoms with Crippen molar-refractivity contribution in [3.8, 4) is 0 Å². The van der Waals surface area contributed by atoms with Crippen LogP contribution in [0.5, 0.6) is 0 Å². The van der Waals surface area contributed by atoms with Gasteiger partial charge in [0.2, 0.25) is 5.91 Å². The minimum atomic E-state index is -0.542. The standard InChI is InChI=1S/C24H30N2O3S/c1-24(2,3)23(28)26-21-10-5-4-9-20(21)22(27)25-18-8-6-7-17(15-18)16-30-19-11-13-29-14-12-19/h4-10,15,19H,11-14,16H2,1-3H3,(H,25,27)(H,26,28). The molecule has 2 amide bonds. The molecule has 3 rings (SSSR count). The zero-order valence-electron chi connectivity index (χ0n) is 17.9. The Labute approximate surface area is 183 Å². The van der Waals surface area contributed by atoms with Gasteiger partial charge in [-0.1, -0.05) is 45.0 Å². The average molecular weight is 427 g/mol. The van der Waals surface area contributed by atoms with E-state index in [4.69, 9.17) is 4.74 Å². The quantitative estimate of drug-likeness (QED) is 0.655. The van der Waals surface area contributed by atoms with Crippen molar-refractivity contribution in [3.05, 3.63) is 59.7 Å². The SMILES string of the molecule is CC(C)(C)C(=O)Nc1ccccc1C(=O)Nc1cccc(CSC2CCOCC2)c1. The van der Waals surface area contributed by atoms with E-state index in [0.717, 1.165) is 37.5 Å². The molecule has 2 aromatic carbocycles. The van der Waals surface area contributed by atoms with Crippen molar-refractivity contribution >= 4 is 35.0 Å². The van der Waals surface area contributed by atoms with Crippen LogP contribution >= 0.6 is 11.8 Å². The topological polar surface area (TPSA) is 67.4 Å². The second-order valence-electron chi connectivity index (χ2n) is 8.53. The lowest BCUT2D eigenvalue weighted by molar-refractivity contribution is -0.123. The summed E-state index contributed by atoms with van der Waals surface area (Å²) in [7, 11) is 0. The van der Waals surface area contributed by atoms with Gasteiger partial charge in [-0.15, -0.1) is 0 Å². The number of hydrogen-bond acceptors (Lipinski definition) is 4. The Morgan fingerprint density at radius 1 is 1.03 bits per heavy atom. The van der Waals surface area contributed by atoms with Gasteiger partial charge in [-0.2, -0.15) is 11.8 Å². The number of para-hydroxylation sites is 1. The number of carbonyl (C=O) groups is 2. The van der Waals surface area contributed by atoms with E-state index in [1.807, 2.05) is 56.8 Å². The Kier molecular flexibility index (Phi) is 7.56. The second-order valence-corrected chi connectivity index (χ2v) is 9.82. The number of carbonyl (C=O) groups excluding carboxylic acids is 2. The van der Waals surface area contributed by atoms with Crippen molar-refractivity contribution in [1.29, 1.82) is 0 Å². The van der Waals surface area contributed by atoms with Crippen LogP contribution in [0.25, 0.3) is 0 Å². The fourth-order valence-corrected chi connectivity index (χ4v) is 4.23. The first kappa shape index (κ1) is 22.4. The Morgan fingerprint density at radius 2 is 1.77 bits per heavy atom. The molecule has 2 N–H and O–H groups in total. The molecule has 0 saturated carbocycles. The Hall–Kier alpha value is -2.31. The summed E-state index contributed by atoms with van der Waals surface area (Å²) >= 11 is 1.95. The Bertz CT molecular complexity index is 886. The molecule has 1 heterocycles. The van der Waals surface area contributed by atoms with Gasteiger partial charge in [0.15, 0.2) is 0 Å². The first-order chi connectivity index (χ1) is 14.3. The van der Waals surface area contributed by atoms with E-state index in [1.165, 1.54) is 5.56 Å². The number of rotatable bonds is 6. The zero-order valence-corrected chi connectivity index (χ0v) is 18.7. The molecule has 1 saturated heterocycles. The van der Waals surface area contributed by atoms with Gasteiger partial charge < -0.3 is 15.4 Å². The molecule has 0 unspecified atom stereocenters. The molecular formula is C24H30N2O3S. The van der Waals surface area contributed by atoms with Gasteiger partial charge in [-0.3, -0.25) is 9.59 Å². The van der Waals surface area contributed by atoms with Crippen LogP contribution in [-0.4, -0.2) is 30.3 Å². The summed E-state index contributed by atoms with van der Waals surface area (Å²) < 4.78 is 5.42. The van der Waals surface area contributed by atoms with E-state index in [9.17, 15) is 9.59 Å². The summed E-state index contributed by atoms with van der Waals surface area (Å²) in [6.45, 7) is 7.22. The lowest BCUT2D eigenvalue weighted by Gasteiger charge is -2.21. The van der Waals surface area contributed by atoms with E-state index in [-0.39, 0.29) is 11.8 Å². The maximum atomic E-state index is 12.9. The highest BCUT2D eigenvalue weighted by Gasteiger charge is 2.23. The molecule has 0 atom stereocenters. The highest BCUT2D eigenvalue weighted by atomic mass is 32.2. The molecule has 6 heteroatoms. The van der Waals surface area contributed by atoms with Crippen molar-refractivity contribution < 1.29 is 14.3 Å². The molecule has 1 aliphatic heterocycles. The lowest BCUT2D eigenvalue weighted by Crippen LogP contribution is -2.28. The zero-order chi connectivity index (χ0) is 21.6. The number of thioether (sulfide) groups is 1. The van der Waals surface area contributed by atoms with Crippen LogP contribution < -0.4 is 10.6 Å². The van der Waals surface area contributed by atoms with E-state index < -0.39 is 5.41 Å². The molecule has 30 heavy (non-hydrogen) atoms. The van der Waals surface area contributed by atoms with Crippen molar-refractivity contribution in [2.75, 3.05) is 23.8 Å². The maximum absolute atomic E-state index is 12.9. The van der Waals surface area contributed by atoms with Gasteiger partial charge in [0.05, 0.1) is 11.3 Å². The van der Waals surface area contributed by atoms with Gasteiger partial charge in [0.25, 0.3) is 5.91 Å². The van der Waals surface area contributed by atoms with Gasteiger partial charge in [-0.25, -0.2) is 0 Å². The van der Waals surface area contributed by atoms with Gasteiger partial charge >= 0.3 is 0 Å². The molecule has 0 radical (unpaired) electrons. The van der Waals surface area contributed by atoms with Crippen LogP contribution in [0, 0.1) is 5.41 Å². The molecule has 0 aliphatic carbocycles. The number of hydrogen-bond donors (Lipinski definition) is 2. The fraction of sp³-hybridized carbons (Fsp3) is 0.417. The Morgan fingerprint density at radius 3 is 2.50 bits per heavy atom. The van der Waals surface area contributed by atoms with Crippen LogP contribution in [0.4, 0.5) is 11.4 Å². The molecule has 5 nitrogen and oxygen atoms in total. The monoisotopic (exact) mass is 426 g/mol. The molecular weight excluding hydrogens is 396 g/mol. The summed E-state index contributed by atoms with van der Waals surface area (Å²) in [6.07, 6.45) is 2.19. The molecule has 1 aliphatic rings. The second kappa shape index (κ2) is 10.1. The van der Waals surface area contributed by atoms with E-state index in [2.05, 4.69) is 16.7 Å². The van der Waals surface area contributed by atoms with E-state index in [0.29, 0.717) is 16.5 Å². The number of ether oxygens (including phenoxy) is 1. The molecule has 0 bridgehead atoms. The first-order valence-electron chi connectivity index (χ1n) is 10.3. The molecule has 160 valence electrons. The van der Waals surface area contributed by atoms with Gasteiger partial charge in [0.1, 0.15) is 0 Å². The van der Waals surface area contributed by atoms with Gasteiger partial charge in [0, 0.05) is 35.3 Å². The van der Waals surface area contributed by atoms with Crippen molar-refractivity contribution in [1.82, 2.24) is 0 Å². The van der Waals surface area contributed by atoms with E-state index >= 15 is 0 Å². The number of anilines is 2. The number of benzene rings is 2. The smallest absolute Gasteiger partial charge is 0.257 e. The maximum Gasteiger partial charge on any atom is 0.257 e. The molecule has 0 aromatic heterocycles. The number of amides is 2. The van der Waals surface area contributed by atoms with Crippen LogP contribution in [0.2, 0.25) is 0 Å². The number of nitrogens with one attached hydrogen (secondary N) is 2. The predicted molar refractivity (Wildman–Crippen MR) is 124 cm³/mol. The highest BCUT2D eigenvalue weighted by molar-refractivity contribution is 7.99. The first-order valence-corrected chi connectivity index (χ1v) is 11.4. The van der Waals surface area contributed by atoms with Crippen LogP contribution in [0.1, 0.15) is 49.5 Å². The normalized spacial score (nSPS) is 14.9. The minimum Gasteiger partial charge on any atom is -0.381 e. The van der Waals surface area contributed by atoms with Crippen molar-refractivity contribution in [3.63, 3.8) is 0 Å². The van der Waals surface area contributed by atoms with Gasteiger partial charge in [-0.05, 0) is 42.7 Å². The predicted octanol–water partition coefficient (Wildman–Crippen LogP) is 5.34. The third-order valence-electron chi connectivity index (χ3n) is 4.94. The highest BCUT2D eigenvalue weighted by Crippen LogP contribution is 2.27. The van der Waals surface area contributed by atoms with Crippen LogP contribution in [0.3, 0.4) is 0 Å². The summed E-state index contributed by atoms with van der Waals surface area (Å²) in [4.78, 5) is 25.3. The summed E-state index contributed by atoms with van der Waals surface area (Å²) in [5, 5.41) is 6.48. The molecule has 0 spiro atoms. The van der Waals surface area contributed by atoms with Crippen molar-refractivity contribution in [2.45, 2.75) is 44.6 Å². The van der Waals surface area contributed by atoms with Crippen LogP contribution in [-0.2, 0) is 15.3 Å². The summed E-state index contributed by atoms with van der Waals surface area (Å²) in [6, 6.07) is 15.0. The third kappa shape index (κ3) is 6.34. The van der Waals surface area contributed by atoms with E-state index in [1.54, 1.807) is 18.2 Å². The summed E-state index contributed by atoms with van der Waals surface area (Å²) in [5.74, 6) is 0.538. The summed E-state index contributed by atoms with van der Waals surface area (Å²) in [5.41, 5.74) is 2.35. The van der Waals surface area contributed by atoms with Crippen molar-refractivity contribution in [2.24, 2.45) is 5.41 Å². The molecule has 1 fully saturated rings.